The maximum absolute atomic E-state index is 13.8. The Bertz CT molecular complexity index is 403. The minimum Gasteiger partial charge on any atom is -0.369 e. The molecule has 1 aliphatic rings. The molecule has 0 aromatic heterocycles. The van der Waals surface area contributed by atoms with Crippen molar-refractivity contribution >= 4 is 5.69 Å². The van der Waals surface area contributed by atoms with Crippen LogP contribution in [-0.4, -0.2) is 19.6 Å². The molecule has 2 rings (SSSR count). The molecule has 1 fully saturated rings. The summed E-state index contributed by atoms with van der Waals surface area (Å²) in [6.07, 6.45) is 2.16. The molecule has 1 atom stereocenters. The fourth-order valence-electron chi connectivity index (χ4n) is 3.05. The van der Waals surface area contributed by atoms with Gasteiger partial charge in [-0.15, -0.1) is 0 Å². The van der Waals surface area contributed by atoms with Crippen molar-refractivity contribution in [3.63, 3.8) is 0 Å². The number of para-hydroxylation sites is 1. The third kappa shape index (κ3) is 2.66. The summed E-state index contributed by atoms with van der Waals surface area (Å²) in [4.78, 5) is 2.17. The average molecular weight is 250 g/mol. The summed E-state index contributed by atoms with van der Waals surface area (Å²) in [6.45, 7) is 7.10. The van der Waals surface area contributed by atoms with Crippen LogP contribution in [0.15, 0.2) is 24.3 Å². The Balaban J connectivity index is 2.14. The second-order valence-corrected chi connectivity index (χ2v) is 5.92. The van der Waals surface area contributed by atoms with E-state index in [1.807, 2.05) is 12.1 Å². The van der Waals surface area contributed by atoms with Crippen LogP contribution < -0.4 is 10.6 Å². The highest BCUT2D eigenvalue weighted by molar-refractivity contribution is 5.48. The van der Waals surface area contributed by atoms with E-state index in [1.54, 1.807) is 6.07 Å². The van der Waals surface area contributed by atoms with E-state index < -0.39 is 0 Å². The minimum atomic E-state index is -0.120. The highest BCUT2D eigenvalue weighted by Gasteiger charge is 2.35. The second-order valence-electron chi connectivity index (χ2n) is 5.92. The van der Waals surface area contributed by atoms with Crippen LogP contribution in [0.25, 0.3) is 0 Å². The lowest BCUT2D eigenvalue weighted by Crippen LogP contribution is -2.46. The number of anilines is 1. The van der Waals surface area contributed by atoms with Gasteiger partial charge in [-0.3, -0.25) is 0 Å². The average Bonchev–Trinajstić information content (AvgIpc) is 2.32. The monoisotopic (exact) mass is 250 g/mol. The molecule has 18 heavy (non-hydrogen) atoms. The Kier molecular flexibility index (Phi) is 3.91. The van der Waals surface area contributed by atoms with Gasteiger partial charge in [-0.05, 0) is 42.9 Å². The minimum absolute atomic E-state index is 0.120. The van der Waals surface area contributed by atoms with Gasteiger partial charge in [-0.25, -0.2) is 4.39 Å². The summed E-state index contributed by atoms with van der Waals surface area (Å²) < 4.78 is 13.8. The highest BCUT2D eigenvalue weighted by atomic mass is 19.1. The van der Waals surface area contributed by atoms with Gasteiger partial charge in [0.2, 0.25) is 0 Å². The maximum Gasteiger partial charge on any atom is 0.146 e. The van der Waals surface area contributed by atoms with Crippen LogP contribution in [0.3, 0.4) is 0 Å². The van der Waals surface area contributed by atoms with Crippen LogP contribution in [-0.2, 0) is 0 Å². The predicted octanol–water partition coefficient (Wildman–Crippen LogP) is 3.03. The maximum atomic E-state index is 13.8. The predicted molar refractivity (Wildman–Crippen MR) is 74.2 cm³/mol. The zero-order valence-corrected chi connectivity index (χ0v) is 11.3. The number of benzene rings is 1. The zero-order chi connectivity index (χ0) is 13.2. The normalized spacial score (nSPS) is 23.1. The van der Waals surface area contributed by atoms with Crippen LogP contribution in [0.1, 0.15) is 26.7 Å². The summed E-state index contributed by atoms with van der Waals surface area (Å²) in [7, 11) is 0. The molecule has 0 saturated carbocycles. The van der Waals surface area contributed by atoms with Gasteiger partial charge in [0, 0.05) is 13.1 Å². The van der Waals surface area contributed by atoms with Crippen molar-refractivity contribution in [1.29, 1.82) is 0 Å². The van der Waals surface area contributed by atoms with Crippen molar-refractivity contribution in [3.05, 3.63) is 30.1 Å². The Morgan fingerprint density at radius 1 is 1.39 bits per heavy atom. The third-order valence-electron chi connectivity index (χ3n) is 4.16. The van der Waals surface area contributed by atoms with Crippen LogP contribution >= 0.6 is 0 Å². The fourth-order valence-corrected chi connectivity index (χ4v) is 3.05. The highest BCUT2D eigenvalue weighted by Crippen LogP contribution is 2.38. The fraction of sp³-hybridized carbons (Fsp3) is 0.600. The van der Waals surface area contributed by atoms with Crippen LogP contribution in [0.2, 0.25) is 0 Å². The topological polar surface area (TPSA) is 29.3 Å². The van der Waals surface area contributed by atoms with Gasteiger partial charge in [0.15, 0.2) is 0 Å². The van der Waals surface area contributed by atoms with E-state index in [4.69, 9.17) is 5.73 Å². The quantitative estimate of drug-likeness (QED) is 0.893. The number of rotatable bonds is 3. The van der Waals surface area contributed by atoms with Crippen molar-refractivity contribution in [1.82, 2.24) is 0 Å². The lowest BCUT2D eigenvalue weighted by atomic mass is 9.72. The number of hydrogen-bond donors (Lipinski definition) is 1. The van der Waals surface area contributed by atoms with Gasteiger partial charge in [-0.2, -0.15) is 0 Å². The first-order chi connectivity index (χ1) is 8.54. The standard InChI is InChI=1S/C15H23FN2/c1-15(2)11-18(10-8-12(15)7-9-17)14-6-4-3-5-13(14)16/h3-6,12H,7-11,17H2,1-2H3. The number of hydrogen-bond acceptors (Lipinski definition) is 2. The first kappa shape index (κ1) is 13.3. The summed E-state index contributed by atoms with van der Waals surface area (Å²) in [5.74, 6) is 0.524. The Morgan fingerprint density at radius 2 is 2.11 bits per heavy atom. The lowest BCUT2D eigenvalue weighted by molar-refractivity contribution is 0.167. The van der Waals surface area contributed by atoms with Gasteiger partial charge in [-0.1, -0.05) is 26.0 Å². The second kappa shape index (κ2) is 5.27. The van der Waals surface area contributed by atoms with E-state index in [0.717, 1.165) is 38.2 Å². The van der Waals surface area contributed by atoms with Gasteiger partial charge >= 0.3 is 0 Å². The Morgan fingerprint density at radius 3 is 2.72 bits per heavy atom. The molecule has 2 nitrogen and oxygen atoms in total. The molecule has 1 heterocycles. The molecule has 1 aromatic carbocycles. The molecule has 3 heteroatoms. The molecule has 1 saturated heterocycles. The van der Waals surface area contributed by atoms with Gasteiger partial charge in [0.25, 0.3) is 0 Å². The van der Waals surface area contributed by atoms with E-state index in [-0.39, 0.29) is 11.2 Å². The van der Waals surface area contributed by atoms with Crippen molar-refractivity contribution in [2.45, 2.75) is 26.7 Å². The number of nitrogens with two attached hydrogens (primary N) is 1. The summed E-state index contributed by atoms with van der Waals surface area (Å²) in [5, 5.41) is 0. The Labute approximate surface area is 109 Å². The molecule has 0 aliphatic carbocycles. The number of halogens is 1. The molecule has 1 aliphatic heterocycles. The summed E-state index contributed by atoms with van der Waals surface area (Å²) in [5.41, 5.74) is 6.60. The van der Waals surface area contributed by atoms with Crippen LogP contribution in [0, 0.1) is 17.2 Å². The molecule has 0 amide bonds. The molecule has 0 bridgehead atoms. The Hall–Kier alpha value is -1.09. The van der Waals surface area contributed by atoms with E-state index in [2.05, 4.69) is 18.7 Å². The van der Waals surface area contributed by atoms with Crippen molar-refractivity contribution in [3.8, 4) is 0 Å². The van der Waals surface area contributed by atoms with Crippen LogP contribution in [0.4, 0.5) is 10.1 Å². The molecule has 0 spiro atoms. The van der Waals surface area contributed by atoms with E-state index in [0.29, 0.717) is 5.92 Å². The van der Waals surface area contributed by atoms with Crippen LogP contribution in [0.5, 0.6) is 0 Å². The van der Waals surface area contributed by atoms with E-state index in [9.17, 15) is 4.39 Å². The molecular formula is C15H23FN2. The molecule has 2 N–H and O–H groups in total. The van der Waals surface area contributed by atoms with Gasteiger partial charge in [0.05, 0.1) is 5.69 Å². The summed E-state index contributed by atoms with van der Waals surface area (Å²) >= 11 is 0. The molecule has 1 unspecified atom stereocenters. The summed E-state index contributed by atoms with van der Waals surface area (Å²) in [6, 6.07) is 7.05. The van der Waals surface area contributed by atoms with Crippen molar-refractivity contribution < 1.29 is 4.39 Å². The molecule has 100 valence electrons. The van der Waals surface area contributed by atoms with Crippen molar-refractivity contribution in [2.24, 2.45) is 17.1 Å². The van der Waals surface area contributed by atoms with Crippen molar-refractivity contribution in [2.75, 3.05) is 24.5 Å². The molecule has 0 radical (unpaired) electrons. The SMILES string of the molecule is CC1(C)CN(c2ccccc2F)CCC1CCN. The smallest absolute Gasteiger partial charge is 0.146 e. The molecular weight excluding hydrogens is 227 g/mol. The number of piperidine rings is 1. The van der Waals surface area contributed by atoms with E-state index in [1.165, 1.54) is 6.07 Å². The number of nitrogens with zero attached hydrogens (tertiary/aromatic N) is 1. The first-order valence-corrected chi connectivity index (χ1v) is 6.74. The first-order valence-electron chi connectivity index (χ1n) is 6.74. The third-order valence-corrected chi connectivity index (χ3v) is 4.16. The largest absolute Gasteiger partial charge is 0.369 e. The lowest BCUT2D eigenvalue weighted by Gasteiger charge is -2.45. The molecule has 1 aromatic rings. The van der Waals surface area contributed by atoms with E-state index >= 15 is 0 Å². The van der Waals surface area contributed by atoms with Gasteiger partial charge in [0.1, 0.15) is 5.82 Å². The zero-order valence-electron chi connectivity index (χ0n) is 11.3. The van der Waals surface area contributed by atoms with Gasteiger partial charge < -0.3 is 10.6 Å².